The molecular weight excluding hydrogens is 438 g/mol. The van der Waals surface area contributed by atoms with E-state index in [1.54, 1.807) is 36.4 Å². The zero-order valence-corrected chi connectivity index (χ0v) is 19.7. The van der Waals surface area contributed by atoms with Crippen LogP contribution in [-0.2, 0) is 4.79 Å². The van der Waals surface area contributed by atoms with Crippen LogP contribution >= 0.6 is 11.6 Å². The van der Waals surface area contributed by atoms with Gasteiger partial charge in [0.15, 0.2) is 23.9 Å². The Labute approximate surface area is 198 Å². The molecule has 168 valence electrons. The molecule has 0 unspecified atom stereocenters. The molecule has 33 heavy (non-hydrogen) atoms. The SMILES string of the molecule is COc1cc(/C=C2/C(=O)Nc3ccc(Cl)cc32)ccc1OCC(=O)c1cc(C)c(C)cc1C. The molecule has 0 saturated heterocycles. The molecule has 3 aromatic rings. The second-order valence-electron chi connectivity index (χ2n) is 8.08. The molecule has 1 heterocycles. The normalized spacial score (nSPS) is 13.6. The highest BCUT2D eigenvalue weighted by atomic mass is 35.5. The number of nitrogens with one attached hydrogen (secondary N) is 1. The third-order valence-corrected chi connectivity index (χ3v) is 6.00. The first kappa shape index (κ1) is 22.6. The number of carbonyl (C=O) groups is 2. The molecule has 3 aromatic carbocycles. The van der Waals surface area contributed by atoms with Gasteiger partial charge >= 0.3 is 0 Å². The summed E-state index contributed by atoms with van der Waals surface area (Å²) in [6.45, 7) is 5.83. The standard InChI is InChI=1S/C27H24ClNO4/c1-15-9-17(3)20(10-16(15)2)24(30)14-33-25-8-5-18(12-26(25)32-4)11-22-21-13-19(28)6-7-23(21)29-27(22)31/h5-13H,14H2,1-4H3,(H,29,31)/b22-11+. The summed E-state index contributed by atoms with van der Waals surface area (Å²) < 4.78 is 11.3. The molecule has 0 atom stereocenters. The van der Waals surface area contributed by atoms with E-state index >= 15 is 0 Å². The van der Waals surface area contributed by atoms with E-state index in [1.807, 2.05) is 39.0 Å². The second-order valence-corrected chi connectivity index (χ2v) is 8.51. The van der Waals surface area contributed by atoms with Crippen LogP contribution in [0.15, 0.2) is 48.5 Å². The Balaban J connectivity index is 1.55. The number of methoxy groups -OCH3 is 1. The van der Waals surface area contributed by atoms with Crippen molar-refractivity contribution < 1.29 is 19.1 Å². The maximum Gasteiger partial charge on any atom is 0.256 e. The third-order valence-electron chi connectivity index (χ3n) is 5.76. The molecular formula is C27H24ClNO4. The van der Waals surface area contributed by atoms with E-state index < -0.39 is 0 Å². The van der Waals surface area contributed by atoms with Crippen LogP contribution in [0, 0.1) is 20.8 Å². The number of hydrogen-bond acceptors (Lipinski definition) is 4. The lowest BCUT2D eigenvalue weighted by molar-refractivity contribution is -0.110. The third kappa shape index (κ3) is 4.64. The van der Waals surface area contributed by atoms with E-state index in [-0.39, 0.29) is 18.3 Å². The Hall–Kier alpha value is -3.57. The second kappa shape index (κ2) is 9.12. The van der Waals surface area contributed by atoms with Crippen LogP contribution in [0.3, 0.4) is 0 Å². The lowest BCUT2D eigenvalue weighted by Crippen LogP contribution is -2.14. The van der Waals surface area contributed by atoms with Gasteiger partial charge in [0.05, 0.1) is 7.11 Å². The number of rotatable bonds is 6. The van der Waals surface area contributed by atoms with E-state index in [0.29, 0.717) is 27.7 Å². The van der Waals surface area contributed by atoms with Crippen molar-refractivity contribution in [1.82, 2.24) is 0 Å². The number of anilines is 1. The van der Waals surface area contributed by atoms with Gasteiger partial charge in [-0.05, 0) is 85.5 Å². The Bertz CT molecular complexity index is 1310. The van der Waals surface area contributed by atoms with E-state index in [0.717, 1.165) is 33.5 Å². The zero-order valence-electron chi connectivity index (χ0n) is 18.9. The fraction of sp³-hybridized carbons (Fsp3) is 0.185. The van der Waals surface area contributed by atoms with Crippen LogP contribution in [0.2, 0.25) is 5.02 Å². The van der Waals surface area contributed by atoms with Gasteiger partial charge in [-0.25, -0.2) is 0 Å². The lowest BCUT2D eigenvalue weighted by Gasteiger charge is -2.13. The predicted octanol–water partition coefficient (Wildman–Crippen LogP) is 6.03. The molecule has 1 amide bonds. The van der Waals surface area contributed by atoms with Gasteiger partial charge in [0.2, 0.25) is 0 Å². The van der Waals surface area contributed by atoms with Crippen molar-refractivity contribution in [3.05, 3.63) is 86.9 Å². The quantitative estimate of drug-likeness (QED) is 0.359. The van der Waals surface area contributed by atoms with Crippen LogP contribution < -0.4 is 14.8 Å². The number of aryl methyl sites for hydroxylation is 3. The number of ketones is 1. The average molecular weight is 462 g/mol. The largest absolute Gasteiger partial charge is 0.493 e. The molecule has 0 spiro atoms. The van der Waals surface area contributed by atoms with Crippen molar-refractivity contribution in [2.75, 3.05) is 19.0 Å². The molecule has 0 aliphatic carbocycles. The van der Waals surface area contributed by atoms with Gasteiger partial charge in [0.25, 0.3) is 5.91 Å². The van der Waals surface area contributed by atoms with Gasteiger partial charge in [-0.2, -0.15) is 0 Å². The summed E-state index contributed by atoms with van der Waals surface area (Å²) in [6, 6.07) is 14.5. The van der Waals surface area contributed by atoms with Crippen LogP contribution in [0.5, 0.6) is 11.5 Å². The minimum Gasteiger partial charge on any atom is -0.493 e. The summed E-state index contributed by atoms with van der Waals surface area (Å²) >= 11 is 6.11. The first-order chi connectivity index (χ1) is 15.8. The Morgan fingerprint density at radius 2 is 1.73 bits per heavy atom. The van der Waals surface area contributed by atoms with Gasteiger partial charge in [0.1, 0.15) is 0 Å². The van der Waals surface area contributed by atoms with Gasteiger partial charge in [0, 0.05) is 27.4 Å². The fourth-order valence-electron chi connectivity index (χ4n) is 3.85. The molecule has 4 rings (SSSR count). The molecule has 1 aliphatic heterocycles. The summed E-state index contributed by atoms with van der Waals surface area (Å²) in [6.07, 6.45) is 1.77. The number of ether oxygens (including phenoxy) is 2. The number of benzene rings is 3. The van der Waals surface area contributed by atoms with Gasteiger partial charge in [-0.3, -0.25) is 9.59 Å². The van der Waals surface area contributed by atoms with Crippen molar-refractivity contribution in [2.45, 2.75) is 20.8 Å². The molecule has 0 bridgehead atoms. The van der Waals surface area contributed by atoms with E-state index in [1.165, 1.54) is 7.11 Å². The van der Waals surface area contributed by atoms with Gasteiger partial charge in [-0.15, -0.1) is 0 Å². The van der Waals surface area contributed by atoms with Crippen LogP contribution in [0.4, 0.5) is 5.69 Å². The Morgan fingerprint density at radius 3 is 2.48 bits per heavy atom. The maximum absolute atomic E-state index is 12.7. The molecule has 0 aromatic heterocycles. The predicted molar refractivity (Wildman–Crippen MR) is 131 cm³/mol. The van der Waals surface area contributed by atoms with E-state index in [9.17, 15) is 9.59 Å². The van der Waals surface area contributed by atoms with Crippen molar-refractivity contribution >= 4 is 40.6 Å². The number of Topliss-reactive ketones (excluding diaryl/α,β-unsaturated/α-hetero) is 1. The lowest BCUT2D eigenvalue weighted by atomic mass is 9.98. The summed E-state index contributed by atoms with van der Waals surface area (Å²) in [4.78, 5) is 25.2. The van der Waals surface area contributed by atoms with Crippen molar-refractivity contribution in [3.63, 3.8) is 0 Å². The zero-order chi connectivity index (χ0) is 23.7. The average Bonchev–Trinajstić information content (AvgIpc) is 3.09. The summed E-state index contributed by atoms with van der Waals surface area (Å²) in [7, 11) is 1.53. The van der Waals surface area contributed by atoms with E-state index in [4.69, 9.17) is 21.1 Å². The van der Waals surface area contributed by atoms with Crippen LogP contribution in [0.1, 0.15) is 38.2 Å². The van der Waals surface area contributed by atoms with Crippen LogP contribution in [0.25, 0.3) is 11.6 Å². The Morgan fingerprint density at radius 1 is 0.970 bits per heavy atom. The molecule has 5 nitrogen and oxygen atoms in total. The van der Waals surface area contributed by atoms with Crippen LogP contribution in [-0.4, -0.2) is 25.4 Å². The van der Waals surface area contributed by atoms with Gasteiger partial charge in [-0.1, -0.05) is 23.7 Å². The number of amides is 1. The number of hydrogen-bond donors (Lipinski definition) is 1. The van der Waals surface area contributed by atoms with Crippen molar-refractivity contribution in [3.8, 4) is 11.5 Å². The first-order valence-electron chi connectivity index (χ1n) is 10.5. The summed E-state index contributed by atoms with van der Waals surface area (Å²) in [5, 5.41) is 3.39. The summed E-state index contributed by atoms with van der Waals surface area (Å²) in [5.74, 6) is 0.633. The van der Waals surface area contributed by atoms with E-state index in [2.05, 4.69) is 5.32 Å². The fourth-order valence-corrected chi connectivity index (χ4v) is 4.02. The molecule has 0 fully saturated rings. The minimum atomic E-state index is -0.194. The number of halogens is 1. The maximum atomic E-state index is 12.7. The monoisotopic (exact) mass is 461 g/mol. The smallest absolute Gasteiger partial charge is 0.256 e. The minimum absolute atomic E-state index is 0.0973. The highest BCUT2D eigenvalue weighted by Crippen LogP contribution is 2.36. The molecule has 6 heteroatoms. The van der Waals surface area contributed by atoms with Crippen molar-refractivity contribution in [1.29, 1.82) is 0 Å². The molecule has 1 aliphatic rings. The highest BCUT2D eigenvalue weighted by molar-refractivity contribution is 6.36. The first-order valence-corrected chi connectivity index (χ1v) is 10.9. The van der Waals surface area contributed by atoms with Crippen molar-refractivity contribution in [2.24, 2.45) is 0 Å². The molecule has 1 N–H and O–H groups in total. The Kier molecular flexibility index (Phi) is 6.25. The number of carbonyl (C=O) groups excluding carboxylic acids is 2. The molecule has 0 saturated carbocycles. The topological polar surface area (TPSA) is 64.6 Å². The van der Waals surface area contributed by atoms with Gasteiger partial charge < -0.3 is 14.8 Å². The number of fused-ring (bicyclic) bond motifs is 1. The molecule has 0 radical (unpaired) electrons. The summed E-state index contributed by atoms with van der Waals surface area (Å²) in [5.41, 5.74) is 6.55. The highest BCUT2D eigenvalue weighted by Gasteiger charge is 2.24.